The van der Waals surface area contributed by atoms with Gasteiger partial charge in [0.05, 0.1) is 7.11 Å². The fourth-order valence-corrected chi connectivity index (χ4v) is 9.29. The van der Waals surface area contributed by atoms with Crippen LogP contribution in [0.2, 0.25) is 0 Å². The zero-order valence-electron chi connectivity index (χ0n) is 54.0. The molecule has 0 saturated carbocycles. The standard InChI is InChI=1S/C32H39N3O4.C22H35N3O4.C12H10BrNO.C4H9.Li/c1-32(2,3)39-31(37)35-21-11-14-25-17-19-27(34-30(25)35)15-9-4-5-10-16-28(36)26-18-20-29(33-22-26)38-23-24-12-7-6-8-13-24;1-22(2,3)29-21(27)25-16-10-11-17-14-15-18(23-20(17)25)12-8-6-7-9-13-19(26)24(4)28-5;13-11-6-7-12(14-8-11)15-9-10-4-2-1-3-5-10;1-3-4-2;/h6-8,12-13,17-20,22H,4-5,9-11,14-16,21,23H2,1-3H3;14-15H,6-13,16H2,1-5H3;1-8H,9H2;1,3-4H2,2H3;/q;;;-1;+1. The molecule has 0 aliphatic carbocycles. The molecular weight excluding hydrogens is 1170 g/mol. The maximum Gasteiger partial charge on any atom is 1.00 e. The molecule has 0 fully saturated rings. The predicted octanol–water partition coefficient (Wildman–Crippen LogP) is 13.4. The van der Waals surface area contributed by atoms with Gasteiger partial charge in [0.2, 0.25) is 17.7 Å². The first kappa shape index (κ1) is 73.8. The monoisotopic (exact) mass is 1260 g/mol. The van der Waals surface area contributed by atoms with Crippen LogP contribution in [-0.2, 0) is 58.0 Å². The van der Waals surface area contributed by atoms with Gasteiger partial charge >= 0.3 is 31.0 Å². The average molecular weight is 1260 g/mol. The summed E-state index contributed by atoms with van der Waals surface area (Å²) in [7, 11) is 3.12. The number of fused-ring (bicyclic) bond motifs is 2. The second kappa shape index (κ2) is 39.4. The number of hydrogen-bond acceptors (Lipinski definition) is 13. The van der Waals surface area contributed by atoms with E-state index >= 15 is 0 Å². The van der Waals surface area contributed by atoms with Crippen molar-refractivity contribution in [1.82, 2.24) is 25.0 Å². The van der Waals surface area contributed by atoms with Crippen LogP contribution in [0.25, 0.3) is 0 Å². The third kappa shape index (κ3) is 27.8. The van der Waals surface area contributed by atoms with Crippen LogP contribution in [-0.4, -0.2) is 87.3 Å². The van der Waals surface area contributed by atoms with Crippen molar-refractivity contribution < 1.29 is 61.8 Å². The van der Waals surface area contributed by atoms with Crippen LogP contribution in [0.15, 0.2) is 126 Å². The van der Waals surface area contributed by atoms with E-state index in [1.54, 1.807) is 41.4 Å². The van der Waals surface area contributed by atoms with Gasteiger partial charge in [-0.15, -0.1) is 0 Å². The van der Waals surface area contributed by atoms with Gasteiger partial charge < -0.3 is 25.9 Å². The Hall–Kier alpha value is -6.64. The molecule has 0 saturated heterocycles. The van der Waals surface area contributed by atoms with E-state index in [0.717, 1.165) is 146 Å². The van der Waals surface area contributed by atoms with Gasteiger partial charge in [-0.05, 0) is 168 Å². The maximum atomic E-state index is 12.7. The van der Waals surface area contributed by atoms with Crippen molar-refractivity contribution >= 4 is 51.4 Å². The van der Waals surface area contributed by atoms with Gasteiger partial charge in [0, 0.05) is 78.9 Å². The molecule has 16 nitrogen and oxygen atoms in total. The van der Waals surface area contributed by atoms with Gasteiger partial charge in [-0.2, -0.15) is 6.42 Å². The Kier molecular flexibility index (Phi) is 33.0. The molecule has 18 heteroatoms. The van der Waals surface area contributed by atoms with Crippen molar-refractivity contribution in [3.05, 3.63) is 172 Å². The molecular formula is C70H93BrLiN7O9. The van der Waals surface area contributed by atoms with E-state index < -0.39 is 11.2 Å². The Balaban J connectivity index is 0.000000295. The number of hydroxylamine groups is 2. The largest absolute Gasteiger partial charge is 1.00 e. The Labute approximate surface area is 544 Å². The summed E-state index contributed by atoms with van der Waals surface area (Å²) in [6.07, 6.45) is 19.1. The fourth-order valence-electron chi connectivity index (χ4n) is 9.05. The molecule has 6 aromatic rings. The van der Waals surface area contributed by atoms with E-state index in [9.17, 15) is 19.2 Å². The van der Waals surface area contributed by atoms with Crippen LogP contribution in [0.5, 0.6) is 11.8 Å². The van der Waals surface area contributed by atoms with Crippen LogP contribution in [0, 0.1) is 6.92 Å². The fraction of sp³-hybridized carbons (Fsp3) is 0.471. The number of unbranched alkanes of at least 4 members (excludes halogenated alkanes) is 7. The molecule has 0 N–H and O–H groups in total. The van der Waals surface area contributed by atoms with Crippen LogP contribution >= 0.6 is 15.9 Å². The van der Waals surface area contributed by atoms with Gasteiger partial charge in [0.1, 0.15) is 36.1 Å². The van der Waals surface area contributed by atoms with Gasteiger partial charge in [-0.1, -0.05) is 112 Å². The molecule has 470 valence electrons. The first-order chi connectivity index (χ1) is 41.7. The van der Waals surface area contributed by atoms with Crippen molar-refractivity contribution in [2.24, 2.45) is 0 Å². The minimum Gasteiger partial charge on any atom is -0.473 e. The third-order valence-electron chi connectivity index (χ3n) is 13.8. The number of amides is 3. The van der Waals surface area contributed by atoms with E-state index in [4.69, 9.17) is 33.8 Å². The number of aromatic nitrogens is 4. The first-order valence-electron chi connectivity index (χ1n) is 30.8. The van der Waals surface area contributed by atoms with Crippen LogP contribution in [0.3, 0.4) is 0 Å². The van der Waals surface area contributed by atoms with Crippen molar-refractivity contribution in [2.45, 2.75) is 188 Å². The molecule has 0 bridgehead atoms. The smallest absolute Gasteiger partial charge is 0.473 e. The third-order valence-corrected chi connectivity index (χ3v) is 14.2. The number of ether oxygens (including phenoxy) is 4. The van der Waals surface area contributed by atoms with Gasteiger partial charge in [0.15, 0.2) is 5.78 Å². The number of benzene rings is 2. The zero-order chi connectivity index (χ0) is 63.0. The summed E-state index contributed by atoms with van der Waals surface area (Å²) < 4.78 is 23.3. The van der Waals surface area contributed by atoms with E-state index in [2.05, 4.69) is 64.0 Å². The number of halogens is 1. The molecule has 8 rings (SSSR count). The SMILES string of the molecule is Brc1ccc(OCc2ccccc2)nc1.CC(C)(C)OC(=O)N1CCCc2ccc(CCCCCCC(=O)c3ccc(OCc4ccccc4)nc3)nc21.CON(C)C(=O)CCCCCCc1ccc2c(n1)N(C(=O)OC(C)(C)C)CCC2.[CH2-]CCC.[Li+]. The van der Waals surface area contributed by atoms with Crippen LogP contribution in [0.1, 0.15) is 182 Å². The quantitative estimate of drug-likeness (QED) is 0.0195. The molecule has 0 spiro atoms. The molecule has 4 aromatic heterocycles. The predicted molar refractivity (Wildman–Crippen MR) is 348 cm³/mol. The van der Waals surface area contributed by atoms with Crippen molar-refractivity contribution in [3.63, 3.8) is 0 Å². The second-order valence-corrected chi connectivity index (χ2v) is 24.4. The summed E-state index contributed by atoms with van der Waals surface area (Å²) in [4.78, 5) is 75.8. The van der Waals surface area contributed by atoms with Gasteiger partial charge in [-0.25, -0.2) is 34.6 Å². The Morgan fingerprint density at radius 3 is 1.44 bits per heavy atom. The second-order valence-electron chi connectivity index (χ2n) is 23.5. The summed E-state index contributed by atoms with van der Waals surface area (Å²) >= 11 is 3.32. The molecule has 0 radical (unpaired) electrons. The van der Waals surface area contributed by atoms with Gasteiger partial charge in [-0.3, -0.25) is 24.2 Å². The molecule has 3 amide bonds. The first-order valence-corrected chi connectivity index (χ1v) is 31.6. The molecule has 2 aromatic carbocycles. The normalized spacial score (nSPS) is 12.4. The number of carbonyl (C=O) groups is 4. The van der Waals surface area contributed by atoms with Crippen LogP contribution < -0.4 is 38.1 Å². The van der Waals surface area contributed by atoms with E-state index in [1.807, 2.05) is 114 Å². The molecule has 2 aliphatic rings. The van der Waals surface area contributed by atoms with Crippen LogP contribution in [0.4, 0.5) is 21.2 Å². The van der Waals surface area contributed by atoms with E-state index in [-0.39, 0.29) is 42.7 Å². The number of hydrogen-bond donors (Lipinski definition) is 0. The number of carbonyl (C=O) groups excluding carboxylic acids is 4. The molecule has 0 unspecified atom stereocenters. The Morgan fingerprint density at radius 2 is 1.03 bits per heavy atom. The van der Waals surface area contributed by atoms with Gasteiger partial charge in [0.25, 0.3) is 0 Å². The minimum absolute atomic E-state index is 0. The average Bonchev–Trinajstić information content (AvgIpc) is 2.12. The number of rotatable bonds is 23. The Morgan fingerprint density at radius 1 is 0.591 bits per heavy atom. The molecule has 6 heterocycles. The summed E-state index contributed by atoms with van der Waals surface area (Å²) in [6, 6.07) is 35.6. The molecule has 0 atom stereocenters. The topological polar surface area (TPSA) is 176 Å². The number of Topliss-reactive ketones (excluding diaryl/α,β-unsaturated/α-hetero) is 1. The summed E-state index contributed by atoms with van der Waals surface area (Å²) in [6.45, 7) is 19.3. The summed E-state index contributed by atoms with van der Waals surface area (Å²) in [5.74, 6) is 2.75. The number of anilines is 2. The molecule has 2 aliphatic heterocycles. The zero-order valence-corrected chi connectivity index (χ0v) is 55.6. The van der Waals surface area contributed by atoms with Crippen molar-refractivity contribution in [1.29, 1.82) is 0 Å². The minimum atomic E-state index is -0.537. The molecule has 88 heavy (non-hydrogen) atoms. The van der Waals surface area contributed by atoms with E-state index in [1.165, 1.54) is 18.6 Å². The van der Waals surface area contributed by atoms with E-state index in [0.29, 0.717) is 56.5 Å². The number of ketones is 1. The number of nitrogens with zero attached hydrogens (tertiary/aromatic N) is 7. The maximum absolute atomic E-state index is 12.7. The number of pyridine rings is 4. The van der Waals surface area contributed by atoms with Crippen molar-refractivity contribution in [2.75, 3.05) is 37.0 Å². The Bertz CT molecular complexity index is 3000. The summed E-state index contributed by atoms with van der Waals surface area (Å²) in [5.41, 5.74) is 5.96. The number of aryl methyl sites for hydroxylation is 4. The summed E-state index contributed by atoms with van der Waals surface area (Å²) in [5, 5.41) is 1.27. The van der Waals surface area contributed by atoms with Crippen molar-refractivity contribution in [3.8, 4) is 11.8 Å².